The van der Waals surface area contributed by atoms with Crippen LogP contribution in [0.1, 0.15) is 38.3 Å². The molecule has 0 spiro atoms. The van der Waals surface area contributed by atoms with Crippen LogP contribution in [-0.4, -0.2) is 44.5 Å². The molecule has 1 aromatic rings. The van der Waals surface area contributed by atoms with Crippen molar-refractivity contribution in [2.75, 3.05) is 24.1 Å². The van der Waals surface area contributed by atoms with Crippen molar-refractivity contribution in [2.45, 2.75) is 32.7 Å². The lowest BCUT2D eigenvalue weighted by Gasteiger charge is -2.32. The molecule has 1 fully saturated rings. The van der Waals surface area contributed by atoms with Gasteiger partial charge in [-0.3, -0.25) is 14.3 Å². The van der Waals surface area contributed by atoms with Crippen LogP contribution in [0.3, 0.4) is 0 Å². The van der Waals surface area contributed by atoms with E-state index in [1.54, 1.807) is 23.1 Å². The Morgan fingerprint density at radius 3 is 2.68 bits per heavy atom. The summed E-state index contributed by atoms with van der Waals surface area (Å²) < 4.78 is 25.1. The quantitative estimate of drug-likeness (QED) is 0.824. The van der Waals surface area contributed by atoms with Crippen molar-refractivity contribution >= 4 is 27.5 Å². The Kier molecular flexibility index (Phi) is 6.05. The summed E-state index contributed by atoms with van der Waals surface area (Å²) in [5.41, 5.74) is 1.27. The molecular formula is C17H25N3O4S. The first-order valence-corrected chi connectivity index (χ1v) is 10.2. The second-order valence-corrected chi connectivity index (χ2v) is 8.28. The van der Waals surface area contributed by atoms with Gasteiger partial charge >= 0.3 is 0 Å². The molecule has 2 atom stereocenters. The maximum absolute atomic E-state index is 12.5. The minimum Gasteiger partial charge on any atom is -0.349 e. The van der Waals surface area contributed by atoms with Crippen molar-refractivity contribution in [3.8, 4) is 0 Å². The zero-order valence-corrected chi connectivity index (χ0v) is 15.6. The molecule has 1 aromatic carbocycles. The van der Waals surface area contributed by atoms with Crippen LogP contribution in [0, 0.1) is 5.92 Å². The molecule has 2 rings (SSSR count). The second-order valence-electron chi connectivity index (χ2n) is 6.53. The van der Waals surface area contributed by atoms with Gasteiger partial charge in [0.1, 0.15) is 0 Å². The first-order chi connectivity index (χ1) is 11.7. The first kappa shape index (κ1) is 19.2. The molecule has 0 aliphatic carbocycles. The minimum atomic E-state index is -3.35. The Balaban J connectivity index is 2.01. The standard InChI is InChI=1S/C17H25N3O4S/c1-12(14-6-4-8-16(10-14)19-25(3,23)24)18-17(22)15-7-5-9-20(11-15)13(2)21/h4,6,8,10,12,15,19H,5,7,9,11H2,1-3H3,(H,18,22)/t12-,15+/m1/s1. The third-order valence-electron chi connectivity index (χ3n) is 4.29. The largest absolute Gasteiger partial charge is 0.349 e. The minimum absolute atomic E-state index is 0.00917. The van der Waals surface area contributed by atoms with Crippen molar-refractivity contribution in [2.24, 2.45) is 5.92 Å². The zero-order valence-electron chi connectivity index (χ0n) is 14.8. The SMILES string of the molecule is CC(=O)N1CCC[C@H](C(=O)N[C@H](C)c2cccc(NS(C)(=O)=O)c2)C1. The summed E-state index contributed by atoms with van der Waals surface area (Å²) in [5, 5.41) is 2.96. The molecule has 1 heterocycles. The van der Waals surface area contributed by atoms with E-state index in [2.05, 4.69) is 10.0 Å². The fraction of sp³-hybridized carbons (Fsp3) is 0.529. The molecule has 2 amide bonds. The summed E-state index contributed by atoms with van der Waals surface area (Å²) in [6.45, 7) is 4.52. The highest BCUT2D eigenvalue weighted by atomic mass is 32.2. The Bertz CT molecular complexity index is 748. The summed E-state index contributed by atoms with van der Waals surface area (Å²) in [7, 11) is -3.35. The summed E-state index contributed by atoms with van der Waals surface area (Å²) in [6, 6.07) is 6.67. The highest BCUT2D eigenvalue weighted by Gasteiger charge is 2.27. The van der Waals surface area contributed by atoms with E-state index in [9.17, 15) is 18.0 Å². The summed E-state index contributed by atoms with van der Waals surface area (Å²) >= 11 is 0. The van der Waals surface area contributed by atoms with E-state index in [-0.39, 0.29) is 23.8 Å². The number of rotatable bonds is 5. The highest BCUT2D eigenvalue weighted by molar-refractivity contribution is 7.92. The van der Waals surface area contributed by atoms with E-state index in [1.807, 2.05) is 13.0 Å². The fourth-order valence-electron chi connectivity index (χ4n) is 2.98. The number of amides is 2. The predicted octanol–water partition coefficient (Wildman–Crippen LogP) is 1.49. The number of hydrogen-bond donors (Lipinski definition) is 2. The number of nitrogens with zero attached hydrogens (tertiary/aromatic N) is 1. The summed E-state index contributed by atoms with van der Waals surface area (Å²) in [5.74, 6) is -0.303. The van der Waals surface area contributed by atoms with Crippen molar-refractivity contribution < 1.29 is 18.0 Å². The molecule has 1 aliphatic rings. The molecule has 0 saturated carbocycles. The zero-order chi connectivity index (χ0) is 18.6. The summed E-state index contributed by atoms with van der Waals surface area (Å²) in [6.07, 6.45) is 2.67. The third kappa shape index (κ3) is 5.74. The van der Waals surface area contributed by atoms with Gasteiger partial charge in [0.05, 0.1) is 18.2 Å². The average Bonchev–Trinajstić information content (AvgIpc) is 2.53. The Labute approximate surface area is 148 Å². The number of carbonyl (C=O) groups is 2. The number of anilines is 1. The molecule has 1 saturated heterocycles. The second kappa shape index (κ2) is 7.86. The van der Waals surface area contributed by atoms with Gasteiger partial charge in [-0.15, -0.1) is 0 Å². The van der Waals surface area contributed by atoms with E-state index in [0.717, 1.165) is 24.7 Å². The first-order valence-electron chi connectivity index (χ1n) is 8.29. The Morgan fingerprint density at radius 1 is 1.32 bits per heavy atom. The monoisotopic (exact) mass is 367 g/mol. The maximum atomic E-state index is 12.5. The lowest BCUT2D eigenvalue weighted by molar-refractivity contribution is -0.134. The van der Waals surface area contributed by atoms with E-state index in [4.69, 9.17) is 0 Å². The van der Waals surface area contributed by atoms with Crippen LogP contribution in [0.4, 0.5) is 5.69 Å². The molecule has 0 aromatic heterocycles. The predicted molar refractivity (Wildman–Crippen MR) is 96.4 cm³/mol. The van der Waals surface area contributed by atoms with Gasteiger partial charge in [0.15, 0.2) is 0 Å². The van der Waals surface area contributed by atoms with Crippen LogP contribution in [0.15, 0.2) is 24.3 Å². The number of likely N-dealkylation sites (tertiary alicyclic amines) is 1. The van der Waals surface area contributed by atoms with Crippen molar-refractivity contribution in [3.05, 3.63) is 29.8 Å². The van der Waals surface area contributed by atoms with Gasteiger partial charge in [-0.25, -0.2) is 8.42 Å². The molecule has 8 heteroatoms. The maximum Gasteiger partial charge on any atom is 0.229 e. The molecule has 2 N–H and O–H groups in total. The smallest absolute Gasteiger partial charge is 0.229 e. The topological polar surface area (TPSA) is 95.6 Å². The number of piperidine rings is 1. The van der Waals surface area contributed by atoms with Gasteiger partial charge in [-0.1, -0.05) is 12.1 Å². The molecule has 1 aliphatic heterocycles. The van der Waals surface area contributed by atoms with Crippen molar-refractivity contribution in [1.82, 2.24) is 10.2 Å². The van der Waals surface area contributed by atoms with Crippen LogP contribution in [-0.2, 0) is 19.6 Å². The van der Waals surface area contributed by atoms with Gasteiger partial charge < -0.3 is 10.2 Å². The fourth-order valence-corrected chi connectivity index (χ4v) is 3.53. The molecular weight excluding hydrogens is 342 g/mol. The van der Waals surface area contributed by atoms with Gasteiger partial charge in [0.2, 0.25) is 21.8 Å². The third-order valence-corrected chi connectivity index (χ3v) is 4.89. The number of sulfonamides is 1. The van der Waals surface area contributed by atoms with Crippen LogP contribution in [0.25, 0.3) is 0 Å². The molecule has 7 nitrogen and oxygen atoms in total. The summed E-state index contributed by atoms with van der Waals surface area (Å²) in [4.78, 5) is 25.7. The van der Waals surface area contributed by atoms with Gasteiger partial charge in [-0.2, -0.15) is 0 Å². The number of carbonyl (C=O) groups excluding carboxylic acids is 2. The Hall–Kier alpha value is -2.09. The van der Waals surface area contributed by atoms with Crippen LogP contribution < -0.4 is 10.0 Å². The van der Waals surface area contributed by atoms with Crippen LogP contribution >= 0.6 is 0 Å². The molecule has 0 unspecified atom stereocenters. The Morgan fingerprint density at radius 2 is 2.04 bits per heavy atom. The van der Waals surface area contributed by atoms with Crippen molar-refractivity contribution in [3.63, 3.8) is 0 Å². The molecule has 25 heavy (non-hydrogen) atoms. The van der Waals surface area contributed by atoms with Crippen LogP contribution in [0.5, 0.6) is 0 Å². The molecule has 0 radical (unpaired) electrons. The number of nitrogens with one attached hydrogen (secondary N) is 2. The van der Waals surface area contributed by atoms with E-state index in [1.165, 1.54) is 6.92 Å². The molecule has 138 valence electrons. The number of benzene rings is 1. The molecule has 0 bridgehead atoms. The van der Waals surface area contributed by atoms with Gasteiger partial charge in [-0.05, 0) is 37.5 Å². The highest BCUT2D eigenvalue weighted by Crippen LogP contribution is 2.21. The normalized spacial score (nSPS) is 19.2. The van der Waals surface area contributed by atoms with Gasteiger partial charge in [0, 0.05) is 25.7 Å². The van der Waals surface area contributed by atoms with Crippen LogP contribution in [0.2, 0.25) is 0 Å². The number of hydrogen-bond acceptors (Lipinski definition) is 4. The van der Waals surface area contributed by atoms with Crippen molar-refractivity contribution in [1.29, 1.82) is 0 Å². The lowest BCUT2D eigenvalue weighted by Crippen LogP contribution is -2.45. The van der Waals surface area contributed by atoms with E-state index < -0.39 is 10.0 Å². The van der Waals surface area contributed by atoms with E-state index in [0.29, 0.717) is 18.8 Å². The van der Waals surface area contributed by atoms with Gasteiger partial charge in [0.25, 0.3) is 0 Å². The average molecular weight is 367 g/mol. The van der Waals surface area contributed by atoms with E-state index >= 15 is 0 Å². The lowest BCUT2D eigenvalue weighted by atomic mass is 9.96.